The molecule has 4 unspecified atom stereocenters. The van der Waals surface area contributed by atoms with Crippen LogP contribution < -0.4 is 19.5 Å². The summed E-state index contributed by atoms with van der Waals surface area (Å²) in [6, 6.07) is 15.7. The van der Waals surface area contributed by atoms with Crippen molar-refractivity contribution in [3.63, 3.8) is 0 Å². The van der Waals surface area contributed by atoms with Gasteiger partial charge in [-0.2, -0.15) is 0 Å². The first-order valence-corrected chi connectivity index (χ1v) is 18.5. The summed E-state index contributed by atoms with van der Waals surface area (Å²) in [6.45, 7) is 3.37. The Hall–Kier alpha value is -4.57. The number of likely N-dealkylation sites (tertiary alicyclic amines) is 1. The number of nitrogens with one attached hydrogen (secondary N) is 2. The fourth-order valence-electron chi connectivity index (χ4n) is 6.60. The highest BCUT2D eigenvalue weighted by atomic mass is 32.2. The van der Waals surface area contributed by atoms with Crippen LogP contribution in [0.25, 0.3) is 22.2 Å². The second-order valence-electron chi connectivity index (χ2n) is 13.2. The molecule has 2 aromatic carbocycles. The summed E-state index contributed by atoms with van der Waals surface area (Å²) in [5.41, 5.74) is 0.592. The second-order valence-corrected chi connectivity index (χ2v) is 15.2. The minimum atomic E-state index is -3.88. The van der Waals surface area contributed by atoms with Gasteiger partial charge in [0.15, 0.2) is 0 Å². The molecule has 2 saturated carbocycles. The van der Waals surface area contributed by atoms with Crippen LogP contribution in [0.2, 0.25) is 0 Å². The number of aliphatic hydroxyl groups excluding tert-OH is 2. The molecule has 51 heavy (non-hydrogen) atoms. The Balaban J connectivity index is 1.29. The number of hydrogen-bond donors (Lipinski definition) is 4. The van der Waals surface area contributed by atoms with Crippen molar-refractivity contribution in [3.8, 4) is 22.8 Å². The number of aliphatic hydroxyl groups is 2. The third kappa shape index (κ3) is 7.86. The molecule has 3 aromatic rings. The molecule has 4 N–H and O–H groups in total. The van der Waals surface area contributed by atoms with Crippen molar-refractivity contribution in [2.24, 2.45) is 5.92 Å². The van der Waals surface area contributed by atoms with Crippen LogP contribution in [-0.4, -0.2) is 121 Å². The molecular weight excluding hydrogens is 678 g/mol. The van der Waals surface area contributed by atoms with E-state index >= 15 is 0 Å². The Morgan fingerprint density at radius 2 is 1.82 bits per heavy atom. The zero-order valence-corrected chi connectivity index (χ0v) is 29.2. The number of sulfonamides is 1. The van der Waals surface area contributed by atoms with E-state index in [2.05, 4.69) is 16.6 Å². The van der Waals surface area contributed by atoms with Gasteiger partial charge in [0, 0.05) is 48.5 Å². The highest BCUT2D eigenvalue weighted by Crippen LogP contribution is 2.45. The highest BCUT2D eigenvalue weighted by molar-refractivity contribution is 7.91. The molecule has 0 bridgehead atoms. The van der Waals surface area contributed by atoms with Crippen molar-refractivity contribution in [2.45, 2.75) is 48.6 Å². The van der Waals surface area contributed by atoms with Gasteiger partial charge in [0.25, 0.3) is 5.91 Å². The molecule has 3 amide bonds. The maximum absolute atomic E-state index is 14.1. The first-order valence-electron chi connectivity index (χ1n) is 17.0. The molecule has 14 nitrogen and oxygen atoms in total. The van der Waals surface area contributed by atoms with Crippen LogP contribution in [0.5, 0.6) is 11.5 Å². The van der Waals surface area contributed by atoms with Crippen molar-refractivity contribution in [1.29, 1.82) is 0 Å². The number of rotatable bonds is 16. The van der Waals surface area contributed by atoms with Gasteiger partial charge in [-0.3, -0.25) is 24.0 Å². The number of ether oxygens (including phenoxy) is 2. The van der Waals surface area contributed by atoms with Gasteiger partial charge < -0.3 is 29.9 Å². The van der Waals surface area contributed by atoms with Gasteiger partial charge in [0.05, 0.1) is 49.9 Å². The number of fused-ring (bicyclic) bond motifs is 1. The molecule has 1 aromatic heterocycles. The first-order chi connectivity index (χ1) is 24.5. The number of amides is 3. The lowest BCUT2D eigenvalue weighted by Gasteiger charge is -2.28. The Labute approximate surface area is 296 Å². The minimum absolute atomic E-state index is 0.0177. The number of nitrogens with zero attached hydrogens (tertiary/aromatic N) is 3. The Morgan fingerprint density at radius 3 is 2.45 bits per heavy atom. The number of carbonyl (C=O) groups excluding carboxylic acids is 3. The van der Waals surface area contributed by atoms with Crippen molar-refractivity contribution in [1.82, 2.24) is 24.8 Å². The van der Waals surface area contributed by atoms with Gasteiger partial charge in [-0.15, -0.1) is 6.58 Å². The summed E-state index contributed by atoms with van der Waals surface area (Å²) in [5, 5.41) is 21.9. The lowest BCUT2D eigenvalue weighted by molar-refractivity contribution is -0.140. The number of methoxy groups -OCH3 is 1. The van der Waals surface area contributed by atoms with E-state index in [4.69, 9.17) is 14.5 Å². The van der Waals surface area contributed by atoms with Gasteiger partial charge in [0.2, 0.25) is 21.8 Å². The number of benzene rings is 2. The Kier molecular flexibility index (Phi) is 10.6. The van der Waals surface area contributed by atoms with Gasteiger partial charge in [-0.1, -0.05) is 36.4 Å². The molecule has 15 heteroatoms. The smallest absolute Gasteiger partial charge is 0.259 e. The van der Waals surface area contributed by atoms with E-state index in [1.54, 1.807) is 24.1 Å². The number of aromatic nitrogens is 1. The van der Waals surface area contributed by atoms with E-state index < -0.39 is 56.6 Å². The third-order valence-corrected chi connectivity index (χ3v) is 11.5. The molecule has 6 rings (SSSR count). The van der Waals surface area contributed by atoms with E-state index in [0.717, 1.165) is 5.56 Å². The Bertz CT molecular complexity index is 1900. The topological polar surface area (TPSA) is 188 Å². The number of carbonyl (C=O) groups is 3. The van der Waals surface area contributed by atoms with Crippen molar-refractivity contribution >= 4 is 38.6 Å². The van der Waals surface area contributed by atoms with Crippen molar-refractivity contribution in [2.75, 3.05) is 46.5 Å². The quantitative estimate of drug-likeness (QED) is 0.156. The first kappa shape index (κ1) is 36.2. The van der Waals surface area contributed by atoms with E-state index in [-0.39, 0.29) is 52.2 Å². The molecule has 3 fully saturated rings. The molecular formula is C36H43N5O9S. The molecule has 272 valence electrons. The molecule has 0 spiro atoms. The average Bonchev–Trinajstić information content (AvgIpc) is 4.05. The summed E-state index contributed by atoms with van der Waals surface area (Å²) in [6.07, 6.45) is 1.98. The van der Waals surface area contributed by atoms with E-state index in [1.807, 2.05) is 42.5 Å². The molecule has 3 aliphatic rings. The van der Waals surface area contributed by atoms with E-state index in [1.165, 1.54) is 11.0 Å². The molecule has 2 heterocycles. The van der Waals surface area contributed by atoms with Crippen LogP contribution in [-0.2, 0) is 24.4 Å². The summed E-state index contributed by atoms with van der Waals surface area (Å²) >= 11 is 0. The summed E-state index contributed by atoms with van der Waals surface area (Å²) in [5.74, 6) is -1.32. The van der Waals surface area contributed by atoms with Crippen molar-refractivity contribution in [3.05, 3.63) is 67.3 Å². The molecule has 1 saturated heterocycles. The van der Waals surface area contributed by atoms with Gasteiger partial charge in [-0.25, -0.2) is 13.4 Å². The fraction of sp³-hybridized carbons (Fsp3) is 0.444. The maximum atomic E-state index is 14.1. The van der Waals surface area contributed by atoms with Crippen LogP contribution in [0.4, 0.5) is 0 Å². The van der Waals surface area contributed by atoms with Crippen LogP contribution in [0, 0.1) is 5.92 Å². The summed E-state index contributed by atoms with van der Waals surface area (Å²) < 4.78 is 39.4. The van der Waals surface area contributed by atoms with Gasteiger partial charge in [0.1, 0.15) is 29.2 Å². The summed E-state index contributed by atoms with van der Waals surface area (Å²) in [7, 11) is -2.32. The van der Waals surface area contributed by atoms with E-state index in [0.29, 0.717) is 40.9 Å². The number of pyridine rings is 1. The predicted octanol–water partition coefficient (Wildman–Crippen LogP) is 1.21. The lowest BCUT2D eigenvalue weighted by Crippen LogP contribution is -2.57. The number of hydrogen-bond acceptors (Lipinski definition) is 11. The highest BCUT2D eigenvalue weighted by Gasteiger charge is 2.62. The SMILES string of the molecule is C=CC1CC1(NC(=O)C1CC(Oc2cc(-c3ccccc3)nc3cc(OC)ccc23)CN1C(=O)CN(CCO)CCO)C(=O)NS(=O)(=O)C1CC1. The largest absolute Gasteiger partial charge is 0.497 e. The zero-order valence-electron chi connectivity index (χ0n) is 28.4. The van der Waals surface area contributed by atoms with E-state index in [9.17, 15) is 33.0 Å². The van der Waals surface area contributed by atoms with Crippen LogP contribution >= 0.6 is 0 Å². The lowest BCUT2D eigenvalue weighted by atomic mass is 10.1. The standard InChI is InChI=1S/C36H43N5O9S/c1-3-24-20-36(24,35(46)39-51(47,48)27-10-11-27)38-34(45)31-18-26(21-41(31)33(44)22-40(13-15-42)14-16-43)50-32-19-29(23-7-5-4-6-8-23)37-30-17-25(49-2)9-12-28(30)32/h3-9,12,17,19,24,26-27,31,42-43H,1,10-11,13-16,18,20-22H2,2H3,(H,38,45)(H,39,46). The maximum Gasteiger partial charge on any atom is 0.259 e. The minimum Gasteiger partial charge on any atom is -0.497 e. The van der Waals surface area contributed by atoms with Crippen LogP contribution in [0.15, 0.2) is 67.3 Å². The predicted molar refractivity (Wildman–Crippen MR) is 188 cm³/mol. The van der Waals surface area contributed by atoms with Crippen LogP contribution in [0.3, 0.4) is 0 Å². The molecule has 4 atom stereocenters. The monoisotopic (exact) mass is 721 g/mol. The van der Waals surface area contributed by atoms with Crippen LogP contribution in [0.1, 0.15) is 25.7 Å². The normalized spacial score (nSPS) is 22.8. The third-order valence-electron chi connectivity index (χ3n) is 9.67. The fourth-order valence-corrected chi connectivity index (χ4v) is 7.96. The molecule has 1 aliphatic heterocycles. The zero-order chi connectivity index (χ0) is 36.3. The van der Waals surface area contributed by atoms with Crippen molar-refractivity contribution < 1.29 is 42.5 Å². The summed E-state index contributed by atoms with van der Waals surface area (Å²) in [4.78, 5) is 49.1. The Morgan fingerprint density at radius 1 is 1.10 bits per heavy atom. The molecule has 2 aliphatic carbocycles. The average molecular weight is 722 g/mol. The molecule has 0 radical (unpaired) electrons. The van der Waals surface area contributed by atoms with Gasteiger partial charge in [-0.05, 0) is 31.4 Å². The second kappa shape index (κ2) is 15.0. The van der Waals surface area contributed by atoms with Gasteiger partial charge >= 0.3 is 0 Å².